The van der Waals surface area contributed by atoms with Gasteiger partial charge in [-0.3, -0.25) is 0 Å². The smallest absolute Gasteiger partial charge is 0.186 e. The summed E-state index contributed by atoms with van der Waals surface area (Å²) in [5.41, 5.74) is 0. The molecule has 0 N–H and O–H groups in total. The molecular formula is C10H16N4O2S5. The fourth-order valence-electron chi connectivity index (χ4n) is 0.825. The van der Waals surface area contributed by atoms with Crippen molar-refractivity contribution in [3.63, 3.8) is 0 Å². The number of hydrogen-bond donors (Lipinski definition) is 0. The Bertz CT molecular complexity index is 480. The zero-order valence-electron chi connectivity index (χ0n) is 12.1. The summed E-state index contributed by atoms with van der Waals surface area (Å²) >= 11 is 4.59. The van der Waals surface area contributed by atoms with E-state index in [-0.39, 0.29) is 0 Å². The molecule has 0 aliphatic heterocycles. The molecule has 1 aromatic rings. The van der Waals surface area contributed by atoms with Crippen LogP contribution in [0, 0.1) is 0 Å². The van der Waals surface area contributed by atoms with Gasteiger partial charge in [-0.2, -0.15) is 0 Å². The van der Waals surface area contributed by atoms with Crippen LogP contribution in [0.1, 0.15) is 13.8 Å². The Morgan fingerprint density at radius 3 is 2.43 bits per heavy atom. The highest BCUT2D eigenvalue weighted by molar-refractivity contribution is 8.82. The summed E-state index contributed by atoms with van der Waals surface area (Å²) < 4.78 is 11.7. The molecule has 1 rings (SSSR count). The van der Waals surface area contributed by atoms with E-state index in [1.54, 1.807) is 25.6 Å². The Labute approximate surface area is 144 Å². The molecule has 6 nitrogen and oxygen atoms in total. The van der Waals surface area contributed by atoms with E-state index in [1.807, 2.05) is 13.8 Å². The van der Waals surface area contributed by atoms with Gasteiger partial charge in [0.15, 0.2) is 8.68 Å². The van der Waals surface area contributed by atoms with Crippen molar-refractivity contribution in [2.45, 2.75) is 22.5 Å². The lowest BCUT2D eigenvalue weighted by atomic mass is 10.9. The Balaban J connectivity index is 2.37. The predicted octanol–water partition coefficient (Wildman–Crippen LogP) is 4.06. The molecule has 0 atom stereocenters. The van der Waals surface area contributed by atoms with Gasteiger partial charge >= 0.3 is 0 Å². The monoisotopic (exact) mass is 384 g/mol. The minimum Gasteiger partial charge on any atom is -0.374 e. The SMILES string of the molecule is COCS/C(C)=N/N=C(\C)SSc1nnc(SCOC)s1. The Kier molecular flexibility index (Phi) is 10.8. The molecule has 0 saturated heterocycles. The summed E-state index contributed by atoms with van der Waals surface area (Å²) in [7, 11) is 6.36. The van der Waals surface area contributed by atoms with Crippen molar-refractivity contribution in [2.75, 3.05) is 26.1 Å². The van der Waals surface area contributed by atoms with Gasteiger partial charge in [-0.15, -0.1) is 20.4 Å². The third-order valence-electron chi connectivity index (χ3n) is 1.64. The minimum atomic E-state index is 0.582. The van der Waals surface area contributed by atoms with Crippen LogP contribution in [-0.4, -0.2) is 46.4 Å². The molecule has 21 heavy (non-hydrogen) atoms. The maximum Gasteiger partial charge on any atom is 0.186 e. The molecule has 118 valence electrons. The highest BCUT2D eigenvalue weighted by Gasteiger charge is 2.06. The van der Waals surface area contributed by atoms with E-state index < -0.39 is 0 Å². The van der Waals surface area contributed by atoms with E-state index in [2.05, 4.69) is 20.4 Å². The van der Waals surface area contributed by atoms with Crippen molar-refractivity contribution in [1.29, 1.82) is 0 Å². The lowest BCUT2D eigenvalue weighted by Gasteiger charge is -1.97. The Morgan fingerprint density at radius 1 is 1.05 bits per heavy atom. The van der Waals surface area contributed by atoms with E-state index >= 15 is 0 Å². The van der Waals surface area contributed by atoms with Gasteiger partial charge in [-0.1, -0.05) is 34.9 Å². The van der Waals surface area contributed by atoms with Crippen LogP contribution in [0.25, 0.3) is 0 Å². The highest BCUT2D eigenvalue weighted by atomic mass is 33.1. The lowest BCUT2D eigenvalue weighted by Crippen LogP contribution is -1.89. The van der Waals surface area contributed by atoms with Crippen LogP contribution in [0.15, 0.2) is 18.9 Å². The second kappa shape index (κ2) is 11.7. The van der Waals surface area contributed by atoms with Crippen molar-refractivity contribution < 1.29 is 9.47 Å². The molecule has 0 aromatic carbocycles. The van der Waals surface area contributed by atoms with Crippen molar-refractivity contribution in [1.82, 2.24) is 10.2 Å². The largest absolute Gasteiger partial charge is 0.374 e. The minimum absolute atomic E-state index is 0.582. The molecule has 1 heterocycles. The van der Waals surface area contributed by atoms with Gasteiger partial charge in [0.25, 0.3) is 0 Å². The van der Waals surface area contributed by atoms with E-state index in [4.69, 9.17) is 9.47 Å². The van der Waals surface area contributed by atoms with Crippen LogP contribution >= 0.6 is 56.4 Å². The standard InChI is InChI=1S/C10H16N4O2S5/c1-7(17-5-15-3)11-12-8(2)20-21-10-14-13-9(19-10)18-6-16-4/h5-6H2,1-4H3/b11-7+,12-8+. The molecule has 0 aliphatic rings. The maximum atomic E-state index is 4.98. The Hall–Kier alpha value is 0.220. The van der Waals surface area contributed by atoms with Crippen LogP contribution in [-0.2, 0) is 9.47 Å². The van der Waals surface area contributed by atoms with Crippen molar-refractivity contribution in [3.05, 3.63) is 0 Å². The van der Waals surface area contributed by atoms with Crippen LogP contribution < -0.4 is 0 Å². The zero-order valence-corrected chi connectivity index (χ0v) is 16.1. The van der Waals surface area contributed by atoms with Gasteiger partial charge in [-0.25, -0.2) is 0 Å². The third kappa shape index (κ3) is 9.06. The first kappa shape index (κ1) is 19.3. The molecular weight excluding hydrogens is 368 g/mol. The first-order valence-corrected chi connectivity index (χ1v) is 10.6. The maximum absolute atomic E-state index is 4.98. The van der Waals surface area contributed by atoms with E-state index in [0.717, 1.165) is 18.8 Å². The number of hydrogen-bond acceptors (Lipinski definition) is 11. The number of thioether (sulfide) groups is 2. The normalized spacial score (nSPS) is 13.0. The van der Waals surface area contributed by atoms with Crippen LogP contribution in [0.4, 0.5) is 0 Å². The van der Waals surface area contributed by atoms with Gasteiger partial charge in [0.2, 0.25) is 0 Å². The number of aromatic nitrogens is 2. The van der Waals surface area contributed by atoms with Crippen LogP contribution in [0.3, 0.4) is 0 Å². The molecule has 0 fully saturated rings. The molecule has 0 radical (unpaired) electrons. The summed E-state index contributed by atoms with van der Waals surface area (Å²) in [6, 6.07) is 0. The topological polar surface area (TPSA) is 69.0 Å². The van der Waals surface area contributed by atoms with Crippen molar-refractivity contribution >= 4 is 66.5 Å². The number of ether oxygens (including phenoxy) is 2. The molecule has 0 aliphatic carbocycles. The summed E-state index contributed by atoms with van der Waals surface area (Å²) in [5, 5.41) is 18.2. The van der Waals surface area contributed by atoms with Crippen LogP contribution in [0.5, 0.6) is 0 Å². The number of rotatable bonds is 8. The summed E-state index contributed by atoms with van der Waals surface area (Å²) in [6.07, 6.45) is 0. The quantitative estimate of drug-likeness (QED) is 0.166. The third-order valence-corrected chi connectivity index (χ3v) is 7.18. The van der Waals surface area contributed by atoms with Gasteiger partial charge in [0.05, 0.1) is 16.9 Å². The average molecular weight is 385 g/mol. The van der Waals surface area contributed by atoms with Crippen LogP contribution in [0.2, 0.25) is 0 Å². The lowest BCUT2D eigenvalue weighted by molar-refractivity contribution is 0.259. The zero-order chi connectivity index (χ0) is 15.5. The second-order valence-electron chi connectivity index (χ2n) is 3.34. The molecule has 0 saturated carbocycles. The summed E-state index contributed by atoms with van der Waals surface area (Å²) in [4.78, 5) is 0. The fraction of sp³-hybridized carbons (Fsp3) is 0.600. The number of nitrogens with zero attached hydrogens (tertiary/aromatic N) is 4. The predicted molar refractivity (Wildman–Crippen MR) is 96.8 cm³/mol. The number of methoxy groups -OCH3 is 2. The van der Waals surface area contributed by atoms with Gasteiger partial charge in [0.1, 0.15) is 5.04 Å². The van der Waals surface area contributed by atoms with E-state index in [9.17, 15) is 0 Å². The van der Waals surface area contributed by atoms with Crippen molar-refractivity contribution in [2.24, 2.45) is 10.2 Å². The fourth-order valence-corrected chi connectivity index (χ4v) is 4.72. The summed E-state index contributed by atoms with van der Waals surface area (Å²) in [6.45, 7) is 3.82. The van der Waals surface area contributed by atoms with Crippen molar-refractivity contribution in [3.8, 4) is 0 Å². The summed E-state index contributed by atoms with van der Waals surface area (Å²) in [5.74, 6) is 1.17. The molecule has 0 bridgehead atoms. The molecule has 11 heteroatoms. The molecule has 0 amide bonds. The first-order valence-electron chi connectivity index (χ1n) is 5.66. The van der Waals surface area contributed by atoms with Gasteiger partial charge in [-0.05, 0) is 35.4 Å². The molecule has 0 unspecified atom stereocenters. The first-order chi connectivity index (χ1) is 10.2. The van der Waals surface area contributed by atoms with E-state index in [0.29, 0.717) is 11.9 Å². The molecule has 0 spiro atoms. The van der Waals surface area contributed by atoms with Gasteiger partial charge < -0.3 is 9.47 Å². The van der Waals surface area contributed by atoms with E-state index in [1.165, 1.54) is 45.1 Å². The van der Waals surface area contributed by atoms with Gasteiger partial charge in [0, 0.05) is 14.2 Å². The second-order valence-corrected chi connectivity index (χ2v) is 9.17. The highest BCUT2D eigenvalue weighted by Crippen LogP contribution is 2.36. The Morgan fingerprint density at radius 2 is 1.71 bits per heavy atom. The molecule has 1 aromatic heterocycles. The average Bonchev–Trinajstić information content (AvgIpc) is 2.94.